The molecule has 4 aromatic rings. The Morgan fingerprint density at radius 3 is 2.97 bits per heavy atom. The summed E-state index contributed by atoms with van der Waals surface area (Å²) in [6.45, 7) is 2.17. The molecular formula is C23H22N4O3. The maximum absolute atomic E-state index is 11.3. The van der Waals surface area contributed by atoms with Crippen LogP contribution in [0.2, 0.25) is 0 Å². The van der Waals surface area contributed by atoms with Gasteiger partial charge in [-0.3, -0.25) is 4.79 Å². The van der Waals surface area contributed by atoms with Crippen molar-refractivity contribution in [2.45, 2.75) is 12.8 Å². The second kappa shape index (κ2) is 8.72. The molecule has 0 aliphatic heterocycles. The lowest BCUT2D eigenvalue weighted by Gasteiger charge is -2.07. The van der Waals surface area contributed by atoms with E-state index < -0.39 is 5.91 Å². The normalized spacial score (nSPS) is 11.0. The summed E-state index contributed by atoms with van der Waals surface area (Å²) in [5.74, 6) is 0.134. The van der Waals surface area contributed by atoms with Gasteiger partial charge in [-0.25, -0.2) is 0 Å². The molecule has 4 rings (SSSR count). The van der Waals surface area contributed by atoms with E-state index in [1.54, 1.807) is 6.07 Å². The first kappa shape index (κ1) is 19.6. The SMILES string of the molecule is N#Cc1ccc2[nH]cc(CCNCCCOc3cccc4cc(C(N)=O)oc34)c2c1. The molecule has 0 saturated carbocycles. The Hall–Kier alpha value is -3.76. The van der Waals surface area contributed by atoms with E-state index in [1.807, 2.05) is 42.6 Å². The summed E-state index contributed by atoms with van der Waals surface area (Å²) in [5.41, 5.74) is 8.73. The third-order valence-electron chi connectivity index (χ3n) is 4.97. The Morgan fingerprint density at radius 1 is 1.23 bits per heavy atom. The van der Waals surface area contributed by atoms with Gasteiger partial charge < -0.3 is 25.2 Å². The minimum Gasteiger partial charge on any atom is -0.490 e. The van der Waals surface area contributed by atoms with E-state index >= 15 is 0 Å². The lowest BCUT2D eigenvalue weighted by molar-refractivity contribution is 0.0976. The van der Waals surface area contributed by atoms with Crippen LogP contribution < -0.4 is 15.8 Å². The average Bonchev–Trinajstić information content (AvgIpc) is 3.37. The summed E-state index contributed by atoms with van der Waals surface area (Å²) in [6.07, 6.45) is 3.70. The quantitative estimate of drug-likeness (QED) is 0.371. The molecule has 7 heteroatoms. The van der Waals surface area contributed by atoms with E-state index in [-0.39, 0.29) is 5.76 Å². The van der Waals surface area contributed by atoms with Crippen molar-refractivity contribution in [3.8, 4) is 11.8 Å². The zero-order valence-electron chi connectivity index (χ0n) is 16.4. The van der Waals surface area contributed by atoms with E-state index in [0.29, 0.717) is 23.5 Å². The molecule has 0 bridgehead atoms. The molecule has 0 atom stereocenters. The molecule has 0 aliphatic rings. The molecule has 2 heterocycles. The molecule has 0 spiro atoms. The van der Waals surface area contributed by atoms with Crippen molar-refractivity contribution in [1.29, 1.82) is 5.26 Å². The number of H-pyrrole nitrogens is 1. The van der Waals surface area contributed by atoms with Crippen molar-refractivity contribution >= 4 is 27.8 Å². The molecule has 0 unspecified atom stereocenters. The van der Waals surface area contributed by atoms with Gasteiger partial charge in [0.2, 0.25) is 0 Å². The summed E-state index contributed by atoms with van der Waals surface area (Å²) in [5, 5.41) is 14.4. The number of carbonyl (C=O) groups is 1. The lowest BCUT2D eigenvalue weighted by atomic mass is 10.1. The maximum Gasteiger partial charge on any atom is 0.284 e. The predicted molar refractivity (Wildman–Crippen MR) is 114 cm³/mol. The number of aromatic amines is 1. The Balaban J connectivity index is 1.23. The molecule has 0 aliphatic carbocycles. The molecule has 2 aromatic carbocycles. The number of nitrogens with two attached hydrogens (primary N) is 1. The fourth-order valence-electron chi connectivity index (χ4n) is 3.45. The van der Waals surface area contributed by atoms with Gasteiger partial charge in [0.05, 0.1) is 18.2 Å². The number of nitrogens with zero attached hydrogens (tertiary/aromatic N) is 1. The third kappa shape index (κ3) is 4.14. The molecule has 1 amide bonds. The first-order valence-corrected chi connectivity index (χ1v) is 9.81. The zero-order chi connectivity index (χ0) is 20.9. The summed E-state index contributed by atoms with van der Waals surface area (Å²) in [6, 6.07) is 15.0. The van der Waals surface area contributed by atoms with Gasteiger partial charge >= 0.3 is 0 Å². The summed E-state index contributed by atoms with van der Waals surface area (Å²) in [4.78, 5) is 14.5. The van der Waals surface area contributed by atoms with E-state index in [0.717, 1.165) is 42.2 Å². The minimum atomic E-state index is -0.597. The maximum atomic E-state index is 11.3. The first-order valence-electron chi connectivity index (χ1n) is 9.81. The van der Waals surface area contributed by atoms with Crippen LogP contribution in [0.3, 0.4) is 0 Å². The van der Waals surface area contributed by atoms with Gasteiger partial charge in [0, 0.05) is 22.5 Å². The van der Waals surface area contributed by atoms with Gasteiger partial charge in [-0.2, -0.15) is 5.26 Å². The highest BCUT2D eigenvalue weighted by atomic mass is 16.5. The van der Waals surface area contributed by atoms with Crippen molar-refractivity contribution in [2.75, 3.05) is 19.7 Å². The van der Waals surface area contributed by atoms with Crippen molar-refractivity contribution in [1.82, 2.24) is 10.3 Å². The summed E-state index contributed by atoms with van der Waals surface area (Å²) < 4.78 is 11.3. The number of ether oxygens (including phenoxy) is 1. The number of rotatable bonds is 9. The largest absolute Gasteiger partial charge is 0.490 e. The van der Waals surface area contributed by atoms with E-state index in [9.17, 15) is 4.79 Å². The van der Waals surface area contributed by atoms with Crippen molar-refractivity contribution in [3.63, 3.8) is 0 Å². The van der Waals surface area contributed by atoms with Crippen LogP contribution in [-0.4, -0.2) is 30.6 Å². The number of para-hydroxylation sites is 1. The number of carbonyl (C=O) groups excluding carboxylic acids is 1. The number of aromatic nitrogens is 1. The zero-order valence-corrected chi connectivity index (χ0v) is 16.4. The molecule has 0 fully saturated rings. The highest BCUT2D eigenvalue weighted by Gasteiger charge is 2.12. The number of fused-ring (bicyclic) bond motifs is 2. The van der Waals surface area contributed by atoms with Crippen LogP contribution in [0, 0.1) is 11.3 Å². The van der Waals surface area contributed by atoms with Gasteiger partial charge in [-0.15, -0.1) is 0 Å². The van der Waals surface area contributed by atoms with Gasteiger partial charge in [-0.1, -0.05) is 12.1 Å². The second-order valence-corrected chi connectivity index (χ2v) is 7.04. The summed E-state index contributed by atoms with van der Waals surface area (Å²) >= 11 is 0. The van der Waals surface area contributed by atoms with Crippen molar-refractivity contribution < 1.29 is 13.9 Å². The second-order valence-electron chi connectivity index (χ2n) is 7.04. The number of amides is 1. The smallest absolute Gasteiger partial charge is 0.284 e. The van der Waals surface area contributed by atoms with Gasteiger partial charge in [0.1, 0.15) is 0 Å². The third-order valence-corrected chi connectivity index (χ3v) is 4.97. The van der Waals surface area contributed by atoms with Crippen LogP contribution in [0.15, 0.2) is 53.1 Å². The molecule has 0 saturated heterocycles. The molecular weight excluding hydrogens is 380 g/mol. The first-order chi connectivity index (χ1) is 14.7. The standard InChI is InChI=1S/C23H22N4O3/c24-13-15-5-6-19-18(11-15)17(14-27-19)7-9-26-8-2-10-29-20-4-1-3-16-12-21(23(25)28)30-22(16)20/h1,3-6,11-12,14,26-27H,2,7-10H2,(H2,25,28). The Morgan fingerprint density at radius 2 is 2.13 bits per heavy atom. The highest BCUT2D eigenvalue weighted by molar-refractivity contribution is 5.96. The van der Waals surface area contributed by atoms with Gasteiger partial charge in [0.25, 0.3) is 5.91 Å². The molecule has 2 aromatic heterocycles. The number of nitriles is 1. The molecule has 30 heavy (non-hydrogen) atoms. The molecule has 7 nitrogen and oxygen atoms in total. The molecule has 0 radical (unpaired) electrons. The van der Waals surface area contributed by atoms with Crippen molar-refractivity contribution in [3.05, 3.63) is 65.5 Å². The fraction of sp³-hybridized carbons (Fsp3) is 0.217. The average molecular weight is 402 g/mol. The van der Waals surface area contributed by atoms with Crippen LogP contribution in [0.4, 0.5) is 0 Å². The number of furan rings is 1. The monoisotopic (exact) mass is 402 g/mol. The number of hydrogen-bond donors (Lipinski definition) is 3. The number of nitrogens with one attached hydrogen (secondary N) is 2. The van der Waals surface area contributed by atoms with Crippen LogP contribution in [0.1, 0.15) is 28.1 Å². The van der Waals surface area contributed by atoms with Crippen LogP contribution in [-0.2, 0) is 6.42 Å². The molecule has 4 N–H and O–H groups in total. The van der Waals surface area contributed by atoms with Crippen LogP contribution >= 0.6 is 0 Å². The fourth-order valence-corrected chi connectivity index (χ4v) is 3.45. The van der Waals surface area contributed by atoms with Gasteiger partial charge in [-0.05, 0) is 61.8 Å². The van der Waals surface area contributed by atoms with Crippen molar-refractivity contribution in [2.24, 2.45) is 5.73 Å². The van der Waals surface area contributed by atoms with E-state index in [4.69, 9.17) is 20.1 Å². The Bertz CT molecular complexity index is 1230. The number of hydrogen-bond acceptors (Lipinski definition) is 5. The summed E-state index contributed by atoms with van der Waals surface area (Å²) in [7, 11) is 0. The number of benzene rings is 2. The highest BCUT2D eigenvalue weighted by Crippen LogP contribution is 2.28. The van der Waals surface area contributed by atoms with E-state index in [2.05, 4.69) is 16.4 Å². The Labute approximate surface area is 173 Å². The predicted octanol–water partition coefficient (Wildman–Crippen LogP) is 3.49. The van der Waals surface area contributed by atoms with Crippen LogP contribution in [0.25, 0.3) is 21.9 Å². The lowest BCUT2D eigenvalue weighted by Crippen LogP contribution is -2.20. The number of primary amides is 1. The topological polar surface area (TPSA) is 117 Å². The molecule has 152 valence electrons. The van der Waals surface area contributed by atoms with Gasteiger partial charge in [0.15, 0.2) is 17.1 Å². The van der Waals surface area contributed by atoms with Crippen LogP contribution in [0.5, 0.6) is 5.75 Å². The Kier molecular flexibility index (Phi) is 5.68. The minimum absolute atomic E-state index is 0.127. The van der Waals surface area contributed by atoms with E-state index in [1.165, 1.54) is 5.56 Å².